The number of aromatic nitrogens is 4. The van der Waals surface area contributed by atoms with E-state index in [0.717, 1.165) is 11.4 Å². The number of rotatable bonds is 3. The van der Waals surface area contributed by atoms with Gasteiger partial charge in [-0.1, -0.05) is 0 Å². The van der Waals surface area contributed by atoms with E-state index in [4.69, 9.17) is 11.6 Å². The highest BCUT2D eigenvalue weighted by molar-refractivity contribution is 6.28. The molecule has 0 aliphatic rings. The van der Waals surface area contributed by atoms with Crippen molar-refractivity contribution in [2.75, 3.05) is 5.32 Å². The van der Waals surface area contributed by atoms with Gasteiger partial charge in [0.1, 0.15) is 5.82 Å². The summed E-state index contributed by atoms with van der Waals surface area (Å²) >= 11 is 5.71. The van der Waals surface area contributed by atoms with E-state index in [1.165, 1.54) is 5.56 Å². The molecule has 0 fully saturated rings. The number of halogens is 1. The van der Waals surface area contributed by atoms with E-state index in [9.17, 15) is 0 Å². The quantitative estimate of drug-likeness (QED) is 0.849. The summed E-state index contributed by atoms with van der Waals surface area (Å²) in [5.41, 5.74) is 3.36. The Morgan fingerprint density at radius 1 is 1.41 bits per heavy atom. The Labute approximate surface area is 105 Å². The monoisotopic (exact) mass is 251 g/mol. The smallest absolute Gasteiger partial charge is 0.224 e. The summed E-state index contributed by atoms with van der Waals surface area (Å²) in [5.74, 6) is 0.715. The second-order valence-electron chi connectivity index (χ2n) is 3.84. The van der Waals surface area contributed by atoms with Crippen LogP contribution in [0.3, 0.4) is 0 Å². The number of aryl methyl sites for hydroxylation is 2. The summed E-state index contributed by atoms with van der Waals surface area (Å²) < 4.78 is 1.87. The third-order valence-electron chi connectivity index (χ3n) is 2.73. The van der Waals surface area contributed by atoms with Crippen LogP contribution in [0.1, 0.15) is 17.0 Å². The van der Waals surface area contributed by atoms with Crippen LogP contribution < -0.4 is 5.32 Å². The summed E-state index contributed by atoms with van der Waals surface area (Å²) in [5, 5.41) is 7.81. The third kappa shape index (κ3) is 2.55. The summed E-state index contributed by atoms with van der Waals surface area (Å²) in [7, 11) is 1.94. The van der Waals surface area contributed by atoms with Gasteiger partial charge in [0.25, 0.3) is 0 Å². The molecule has 6 heteroatoms. The van der Waals surface area contributed by atoms with E-state index in [1.54, 1.807) is 12.3 Å². The highest BCUT2D eigenvalue weighted by atomic mass is 35.5. The number of nitrogens with one attached hydrogen (secondary N) is 1. The average Bonchev–Trinajstić information content (AvgIpc) is 2.51. The summed E-state index contributed by atoms with van der Waals surface area (Å²) in [6.07, 6.45) is 1.63. The lowest BCUT2D eigenvalue weighted by molar-refractivity contribution is 0.730. The lowest BCUT2D eigenvalue weighted by atomic mass is 10.2. The first-order valence-electron chi connectivity index (χ1n) is 5.29. The van der Waals surface area contributed by atoms with Gasteiger partial charge in [-0.2, -0.15) is 5.10 Å². The van der Waals surface area contributed by atoms with Gasteiger partial charge in [0, 0.05) is 31.0 Å². The highest BCUT2D eigenvalue weighted by Gasteiger charge is 2.08. The lowest BCUT2D eigenvalue weighted by Crippen LogP contribution is -2.04. The van der Waals surface area contributed by atoms with Crippen molar-refractivity contribution >= 4 is 17.4 Å². The Bertz CT molecular complexity index is 535. The highest BCUT2D eigenvalue weighted by Crippen LogP contribution is 2.14. The first-order valence-corrected chi connectivity index (χ1v) is 5.67. The fraction of sp³-hybridized carbons (Fsp3) is 0.364. The summed E-state index contributed by atoms with van der Waals surface area (Å²) in [6.45, 7) is 4.72. The van der Waals surface area contributed by atoms with E-state index in [2.05, 4.69) is 20.4 Å². The van der Waals surface area contributed by atoms with Crippen molar-refractivity contribution in [2.45, 2.75) is 20.4 Å². The van der Waals surface area contributed by atoms with E-state index in [-0.39, 0.29) is 5.28 Å². The van der Waals surface area contributed by atoms with E-state index in [0.29, 0.717) is 12.4 Å². The number of anilines is 1. The molecule has 0 aliphatic heterocycles. The van der Waals surface area contributed by atoms with Gasteiger partial charge < -0.3 is 5.32 Å². The third-order valence-corrected chi connectivity index (χ3v) is 2.91. The number of hydrogen-bond donors (Lipinski definition) is 1. The molecule has 2 rings (SSSR count). The molecule has 2 aromatic heterocycles. The molecule has 0 atom stereocenters. The maximum absolute atomic E-state index is 5.71. The van der Waals surface area contributed by atoms with Crippen molar-refractivity contribution in [1.29, 1.82) is 0 Å². The van der Waals surface area contributed by atoms with Crippen molar-refractivity contribution in [2.24, 2.45) is 7.05 Å². The van der Waals surface area contributed by atoms with Crippen molar-refractivity contribution in [1.82, 2.24) is 19.7 Å². The van der Waals surface area contributed by atoms with Crippen LogP contribution in [0.5, 0.6) is 0 Å². The van der Waals surface area contributed by atoms with Crippen molar-refractivity contribution in [3.05, 3.63) is 34.5 Å². The van der Waals surface area contributed by atoms with Crippen LogP contribution in [0.15, 0.2) is 12.3 Å². The Balaban J connectivity index is 2.12. The zero-order chi connectivity index (χ0) is 12.4. The van der Waals surface area contributed by atoms with Crippen LogP contribution in [0.25, 0.3) is 0 Å². The van der Waals surface area contributed by atoms with Crippen LogP contribution in [-0.2, 0) is 13.6 Å². The zero-order valence-electron chi connectivity index (χ0n) is 10.0. The average molecular weight is 252 g/mol. The van der Waals surface area contributed by atoms with Crippen molar-refractivity contribution in [3.8, 4) is 0 Å². The molecular formula is C11H14ClN5. The predicted molar refractivity (Wildman–Crippen MR) is 67.1 cm³/mol. The van der Waals surface area contributed by atoms with Crippen LogP contribution in [0.4, 0.5) is 5.82 Å². The fourth-order valence-electron chi connectivity index (χ4n) is 1.69. The molecule has 5 nitrogen and oxygen atoms in total. The minimum Gasteiger partial charge on any atom is -0.366 e. The molecule has 1 N–H and O–H groups in total. The SMILES string of the molecule is Cc1nn(C)c(C)c1CNc1ccnc(Cl)n1. The molecule has 0 saturated heterocycles. The van der Waals surface area contributed by atoms with Gasteiger partial charge >= 0.3 is 0 Å². The van der Waals surface area contributed by atoms with Crippen LogP contribution in [-0.4, -0.2) is 19.7 Å². The molecule has 0 spiro atoms. The Hall–Kier alpha value is -1.62. The van der Waals surface area contributed by atoms with Gasteiger partial charge in [0.15, 0.2) is 0 Å². The molecule has 0 aliphatic carbocycles. The normalized spacial score (nSPS) is 10.6. The predicted octanol–water partition coefficient (Wildman–Crippen LogP) is 2.09. The molecule has 0 aromatic carbocycles. The second kappa shape index (κ2) is 4.71. The van der Waals surface area contributed by atoms with Gasteiger partial charge in [-0.05, 0) is 31.5 Å². The van der Waals surface area contributed by atoms with Crippen molar-refractivity contribution < 1.29 is 0 Å². The van der Waals surface area contributed by atoms with Gasteiger partial charge in [-0.3, -0.25) is 4.68 Å². The zero-order valence-corrected chi connectivity index (χ0v) is 10.8. The molecule has 0 radical (unpaired) electrons. The topological polar surface area (TPSA) is 55.6 Å². The first-order chi connectivity index (χ1) is 8.08. The van der Waals surface area contributed by atoms with E-state index in [1.807, 2.05) is 25.6 Å². The largest absolute Gasteiger partial charge is 0.366 e. The summed E-state index contributed by atoms with van der Waals surface area (Å²) in [6, 6.07) is 1.78. The van der Waals surface area contributed by atoms with E-state index >= 15 is 0 Å². The van der Waals surface area contributed by atoms with Crippen LogP contribution in [0.2, 0.25) is 5.28 Å². The van der Waals surface area contributed by atoms with Gasteiger partial charge in [-0.25, -0.2) is 9.97 Å². The maximum Gasteiger partial charge on any atom is 0.224 e. The molecular weight excluding hydrogens is 238 g/mol. The maximum atomic E-state index is 5.71. The fourth-order valence-corrected chi connectivity index (χ4v) is 1.83. The Morgan fingerprint density at radius 2 is 2.18 bits per heavy atom. The summed E-state index contributed by atoms with van der Waals surface area (Å²) in [4.78, 5) is 7.90. The standard InChI is InChI=1S/C11H14ClN5/c1-7-9(8(2)17(3)16-7)6-14-10-4-5-13-11(12)15-10/h4-5H,6H2,1-3H3,(H,13,14,15). The van der Waals surface area contributed by atoms with Gasteiger partial charge in [-0.15, -0.1) is 0 Å². The molecule has 90 valence electrons. The minimum absolute atomic E-state index is 0.245. The molecule has 0 amide bonds. The Kier molecular flexibility index (Phi) is 3.28. The van der Waals surface area contributed by atoms with Crippen LogP contribution >= 0.6 is 11.6 Å². The lowest BCUT2D eigenvalue weighted by Gasteiger charge is -2.05. The molecule has 2 heterocycles. The number of nitrogens with zero attached hydrogens (tertiary/aromatic N) is 4. The first kappa shape index (κ1) is 11.9. The molecule has 2 aromatic rings. The molecule has 0 unspecified atom stereocenters. The van der Waals surface area contributed by atoms with E-state index < -0.39 is 0 Å². The second-order valence-corrected chi connectivity index (χ2v) is 4.18. The van der Waals surface area contributed by atoms with Gasteiger partial charge in [0.2, 0.25) is 5.28 Å². The van der Waals surface area contributed by atoms with Crippen LogP contribution in [0, 0.1) is 13.8 Å². The molecule has 0 bridgehead atoms. The molecule has 17 heavy (non-hydrogen) atoms. The number of hydrogen-bond acceptors (Lipinski definition) is 4. The van der Waals surface area contributed by atoms with Gasteiger partial charge in [0.05, 0.1) is 5.69 Å². The molecule has 0 saturated carbocycles. The minimum atomic E-state index is 0.245. The Morgan fingerprint density at radius 3 is 2.76 bits per heavy atom. The van der Waals surface area contributed by atoms with Crippen molar-refractivity contribution in [3.63, 3.8) is 0 Å².